The molecule has 0 unspecified atom stereocenters. The molecule has 1 amide bonds. The molecule has 0 spiro atoms. The van der Waals surface area contributed by atoms with Crippen molar-refractivity contribution in [2.24, 2.45) is 0 Å². The first-order valence-electron chi connectivity index (χ1n) is 7.41. The summed E-state index contributed by atoms with van der Waals surface area (Å²) in [7, 11) is 0. The van der Waals surface area contributed by atoms with Gasteiger partial charge in [-0.2, -0.15) is 0 Å². The van der Waals surface area contributed by atoms with Crippen LogP contribution in [0.1, 0.15) is 11.1 Å². The normalized spacial score (nSPS) is 10.2. The number of aliphatic hydroxyl groups excluding tert-OH is 1. The number of nitro benzene ring substituents is 1. The van der Waals surface area contributed by atoms with Gasteiger partial charge in [-0.1, -0.05) is 24.3 Å². The first kappa shape index (κ1) is 17.4. The zero-order chi connectivity index (χ0) is 17.4. The molecule has 0 heterocycles. The molecule has 0 saturated heterocycles. The van der Waals surface area contributed by atoms with Crippen LogP contribution in [-0.4, -0.2) is 29.1 Å². The minimum Gasteiger partial charge on any atom is -0.489 e. The van der Waals surface area contributed by atoms with Crippen molar-refractivity contribution in [3.8, 4) is 5.75 Å². The highest BCUT2D eigenvalue weighted by molar-refractivity contribution is 5.78. The van der Waals surface area contributed by atoms with Gasteiger partial charge in [0.2, 0.25) is 5.91 Å². The second-order valence-electron chi connectivity index (χ2n) is 5.11. The van der Waals surface area contributed by atoms with Gasteiger partial charge in [0.05, 0.1) is 18.0 Å². The topological polar surface area (TPSA) is 102 Å². The summed E-state index contributed by atoms with van der Waals surface area (Å²) >= 11 is 0. The molecule has 2 aromatic rings. The third-order valence-electron chi connectivity index (χ3n) is 3.25. The molecule has 126 valence electrons. The Morgan fingerprint density at radius 2 is 1.92 bits per heavy atom. The van der Waals surface area contributed by atoms with Gasteiger partial charge in [-0.15, -0.1) is 0 Å². The second kappa shape index (κ2) is 8.64. The van der Waals surface area contributed by atoms with Crippen LogP contribution in [0, 0.1) is 10.1 Å². The van der Waals surface area contributed by atoms with E-state index in [1.165, 1.54) is 12.1 Å². The Labute approximate surface area is 139 Å². The van der Waals surface area contributed by atoms with Crippen LogP contribution in [0.5, 0.6) is 5.75 Å². The predicted molar refractivity (Wildman–Crippen MR) is 87.7 cm³/mol. The van der Waals surface area contributed by atoms with E-state index in [2.05, 4.69) is 5.32 Å². The van der Waals surface area contributed by atoms with Gasteiger partial charge in [0.15, 0.2) is 0 Å². The van der Waals surface area contributed by atoms with E-state index < -0.39 is 4.92 Å². The fourth-order valence-electron chi connectivity index (χ4n) is 2.07. The summed E-state index contributed by atoms with van der Waals surface area (Å²) in [4.78, 5) is 21.8. The maximum atomic E-state index is 11.5. The van der Waals surface area contributed by atoms with Crippen LogP contribution >= 0.6 is 0 Å². The Morgan fingerprint density at radius 3 is 2.58 bits per heavy atom. The Morgan fingerprint density at radius 1 is 1.17 bits per heavy atom. The average Bonchev–Trinajstić information content (AvgIpc) is 2.59. The minimum absolute atomic E-state index is 0.0281. The zero-order valence-corrected chi connectivity index (χ0v) is 13.0. The molecule has 0 aromatic heterocycles. The zero-order valence-electron chi connectivity index (χ0n) is 13.0. The molecule has 0 atom stereocenters. The number of amides is 1. The van der Waals surface area contributed by atoms with Gasteiger partial charge in [0.25, 0.3) is 5.69 Å². The van der Waals surface area contributed by atoms with E-state index in [9.17, 15) is 14.9 Å². The monoisotopic (exact) mass is 330 g/mol. The molecule has 0 aliphatic carbocycles. The van der Waals surface area contributed by atoms with Crippen molar-refractivity contribution in [1.82, 2.24) is 5.32 Å². The SMILES string of the molecule is O=C(Cc1ccc(OCc2cccc([N+](=O)[O-])c2)cc1)NCCO. The Kier molecular flexibility index (Phi) is 6.27. The number of non-ortho nitro benzene ring substituents is 1. The van der Waals surface area contributed by atoms with Crippen molar-refractivity contribution < 1.29 is 19.6 Å². The van der Waals surface area contributed by atoms with Gasteiger partial charge in [0.1, 0.15) is 12.4 Å². The van der Waals surface area contributed by atoms with Crippen LogP contribution in [0.25, 0.3) is 0 Å². The van der Waals surface area contributed by atoms with Crippen molar-refractivity contribution in [1.29, 1.82) is 0 Å². The van der Waals surface area contributed by atoms with Crippen LogP contribution in [-0.2, 0) is 17.8 Å². The van der Waals surface area contributed by atoms with Gasteiger partial charge in [-0.05, 0) is 23.3 Å². The van der Waals surface area contributed by atoms with Gasteiger partial charge in [-0.25, -0.2) is 0 Å². The quantitative estimate of drug-likeness (QED) is 0.568. The molecular weight excluding hydrogens is 312 g/mol. The lowest BCUT2D eigenvalue weighted by Crippen LogP contribution is -2.27. The number of nitrogens with one attached hydrogen (secondary N) is 1. The van der Waals surface area contributed by atoms with E-state index in [0.29, 0.717) is 11.3 Å². The maximum absolute atomic E-state index is 11.5. The number of nitrogens with zero attached hydrogens (tertiary/aromatic N) is 1. The van der Waals surface area contributed by atoms with Crippen LogP contribution in [0.15, 0.2) is 48.5 Å². The average molecular weight is 330 g/mol. The number of hydrogen-bond donors (Lipinski definition) is 2. The number of benzene rings is 2. The van der Waals surface area contributed by atoms with Crippen molar-refractivity contribution in [3.63, 3.8) is 0 Å². The first-order valence-corrected chi connectivity index (χ1v) is 7.41. The number of carbonyl (C=O) groups is 1. The fourth-order valence-corrected chi connectivity index (χ4v) is 2.07. The highest BCUT2D eigenvalue weighted by Gasteiger charge is 2.06. The Hall–Kier alpha value is -2.93. The van der Waals surface area contributed by atoms with Crippen molar-refractivity contribution >= 4 is 11.6 Å². The highest BCUT2D eigenvalue weighted by Crippen LogP contribution is 2.17. The molecule has 7 nitrogen and oxygen atoms in total. The standard InChI is InChI=1S/C17H18N2O5/c20-9-8-18-17(21)11-13-4-6-16(7-5-13)24-12-14-2-1-3-15(10-14)19(22)23/h1-7,10,20H,8-9,11-12H2,(H,18,21). The van der Waals surface area contributed by atoms with Crippen LogP contribution in [0.3, 0.4) is 0 Å². The van der Waals surface area contributed by atoms with Gasteiger partial charge in [0, 0.05) is 18.7 Å². The largest absolute Gasteiger partial charge is 0.489 e. The van der Waals surface area contributed by atoms with Gasteiger partial charge in [-0.3, -0.25) is 14.9 Å². The lowest BCUT2D eigenvalue weighted by atomic mass is 10.1. The van der Waals surface area contributed by atoms with E-state index in [1.54, 1.807) is 36.4 Å². The molecule has 0 radical (unpaired) electrons. The lowest BCUT2D eigenvalue weighted by molar-refractivity contribution is -0.384. The molecule has 24 heavy (non-hydrogen) atoms. The molecule has 0 saturated carbocycles. The fraction of sp³-hybridized carbons (Fsp3) is 0.235. The Balaban J connectivity index is 1.89. The van der Waals surface area contributed by atoms with Crippen LogP contribution in [0.4, 0.5) is 5.69 Å². The van der Waals surface area contributed by atoms with Crippen molar-refractivity contribution in [2.45, 2.75) is 13.0 Å². The van der Waals surface area contributed by atoms with E-state index in [-0.39, 0.29) is 37.8 Å². The third kappa shape index (κ3) is 5.36. The van der Waals surface area contributed by atoms with E-state index in [0.717, 1.165) is 5.56 Å². The molecule has 0 fully saturated rings. The first-order chi connectivity index (χ1) is 11.6. The van der Waals surface area contributed by atoms with Crippen molar-refractivity contribution in [3.05, 3.63) is 69.8 Å². The highest BCUT2D eigenvalue weighted by atomic mass is 16.6. The van der Waals surface area contributed by atoms with Crippen molar-refractivity contribution in [2.75, 3.05) is 13.2 Å². The van der Waals surface area contributed by atoms with E-state index in [4.69, 9.17) is 9.84 Å². The molecule has 7 heteroatoms. The maximum Gasteiger partial charge on any atom is 0.269 e. The Bertz CT molecular complexity index is 700. The second-order valence-corrected chi connectivity index (χ2v) is 5.11. The lowest BCUT2D eigenvalue weighted by Gasteiger charge is -2.08. The smallest absolute Gasteiger partial charge is 0.269 e. The molecule has 2 N–H and O–H groups in total. The summed E-state index contributed by atoms with van der Waals surface area (Å²) in [6.07, 6.45) is 0.227. The number of aliphatic hydroxyl groups is 1. The molecule has 2 rings (SSSR count). The summed E-state index contributed by atoms with van der Waals surface area (Å²) in [5.41, 5.74) is 1.56. The summed E-state index contributed by atoms with van der Waals surface area (Å²) < 4.78 is 5.60. The summed E-state index contributed by atoms with van der Waals surface area (Å²) in [6, 6.07) is 13.3. The minimum atomic E-state index is -0.444. The molecular formula is C17H18N2O5. The van der Waals surface area contributed by atoms with Gasteiger partial charge < -0.3 is 15.2 Å². The summed E-state index contributed by atoms with van der Waals surface area (Å²) in [5.74, 6) is 0.454. The van der Waals surface area contributed by atoms with Gasteiger partial charge >= 0.3 is 0 Å². The number of nitro groups is 1. The van der Waals surface area contributed by atoms with Crippen LogP contribution < -0.4 is 10.1 Å². The van der Waals surface area contributed by atoms with E-state index in [1.807, 2.05) is 0 Å². The molecule has 0 bridgehead atoms. The number of hydrogen-bond acceptors (Lipinski definition) is 5. The number of ether oxygens (including phenoxy) is 1. The molecule has 0 aliphatic heterocycles. The predicted octanol–water partition coefficient (Wildman–Crippen LogP) is 1.82. The van der Waals surface area contributed by atoms with Crippen LogP contribution in [0.2, 0.25) is 0 Å². The summed E-state index contributed by atoms with van der Waals surface area (Å²) in [6.45, 7) is 0.372. The van der Waals surface area contributed by atoms with E-state index >= 15 is 0 Å². The summed E-state index contributed by atoms with van der Waals surface area (Å²) in [5, 5.41) is 22.0. The molecule has 0 aliphatic rings. The number of rotatable bonds is 8. The molecule has 2 aromatic carbocycles. The third-order valence-corrected chi connectivity index (χ3v) is 3.25. The number of carbonyl (C=O) groups excluding carboxylic acids is 1.